The molecule has 2 aromatic carbocycles. The molecular formula is C19H15N3O3. The van der Waals surface area contributed by atoms with E-state index < -0.39 is 5.91 Å². The summed E-state index contributed by atoms with van der Waals surface area (Å²) in [4.78, 5) is 27.3. The molecule has 2 aromatic heterocycles. The molecule has 0 radical (unpaired) electrons. The lowest BCUT2D eigenvalue weighted by molar-refractivity contribution is -0.121. The van der Waals surface area contributed by atoms with Crippen molar-refractivity contribution in [3.63, 3.8) is 0 Å². The largest absolute Gasteiger partial charge is 0.451 e. The molecule has 0 unspecified atom stereocenters. The Hall–Kier alpha value is -3.54. The zero-order valence-corrected chi connectivity index (χ0v) is 13.2. The van der Waals surface area contributed by atoms with E-state index in [1.807, 2.05) is 42.5 Å². The second-order valence-electron chi connectivity index (χ2n) is 5.69. The SMILES string of the molecule is O=C(Cc1c[nH]c2ccccc12)NNC(=O)c1cc2ccccc2o1. The first-order valence-corrected chi connectivity index (χ1v) is 7.83. The van der Waals surface area contributed by atoms with E-state index in [9.17, 15) is 9.59 Å². The minimum absolute atomic E-state index is 0.147. The molecule has 2 amide bonds. The quantitative estimate of drug-likeness (QED) is 0.504. The van der Waals surface area contributed by atoms with Crippen LogP contribution in [0.1, 0.15) is 16.1 Å². The Morgan fingerprint density at radius 2 is 1.80 bits per heavy atom. The number of fused-ring (bicyclic) bond motifs is 2. The molecule has 0 aliphatic rings. The monoisotopic (exact) mass is 333 g/mol. The van der Waals surface area contributed by atoms with Crippen LogP contribution in [0.3, 0.4) is 0 Å². The van der Waals surface area contributed by atoms with E-state index in [0.717, 1.165) is 21.9 Å². The summed E-state index contributed by atoms with van der Waals surface area (Å²) in [5.74, 6) is -0.661. The van der Waals surface area contributed by atoms with E-state index in [2.05, 4.69) is 15.8 Å². The number of para-hydroxylation sites is 2. The predicted molar refractivity (Wildman–Crippen MR) is 93.8 cm³/mol. The van der Waals surface area contributed by atoms with Crippen molar-refractivity contribution >= 4 is 33.7 Å². The molecule has 25 heavy (non-hydrogen) atoms. The number of benzene rings is 2. The van der Waals surface area contributed by atoms with E-state index in [0.29, 0.717) is 5.58 Å². The first kappa shape index (κ1) is 15.0. The Kier molecular flexibility index (Phi) is 3.70. The van der Waals surface area contributed by atoms with Crippen LogP contribution >= 0.6 is 0 Å². The van der Waals surface area contributed by atoms with Gasteiger partial charge in [-0.25, -0.2) is 0 Å². The van der Waals surface area contributed by atoms with Gasteiger partial charge in [-0.15, -0.1) is 0 Å². The third kappa shape index (κ3) is 2.97. The van der Waals surface area contributed by atoms with E-state index in [1.165, 1.54) is 0 Å². The third-order valence-electron chi connectivity index (χ3n) is 3.99. The Morgan fingerprint density at radius 3 is 2.68 bits per heavy atom. The van der Waals surface area contributed by atoms with Gasteiger partial charge in [0, 0.05) is 22.5 Å². The molecule has 2 heterocycles. The number of rotatable bonds is 3. The van der Waals surface area contributed by atoms with Gasteiger partial charge in [0.25, 0.3) is 0 Å². The van der Waals surface area contributed by atoms with Crippen LogP contribution in [0.15, 0.2) is 65.2 Å². The second-order valence-corrected chi connectivity index (χ2v) is 5.69. The van der Waals surface area contributed by atoms with Crippen molar-refractivity contribution in [3.8, 4) is 0 Å². The molecule has 0 bridgehead atoms. The molecular weight excluding hydrogens is 318 g/mol. The maximum atomic E-state index is 12.1. The van der Waals surface area contributed by atoms with Crippen LogP contribution in [0.25, 0.3) is 21.9 Å². The fraction of sp³-hybridized carbons (Fsp3) is 0.0526. The summed E-state index contributed by atoms with van der Waals surface area (Å²) in [5, 5.41) is 1.82. The van der Waals surface area contributed by atoms with Crippen LogP contribution in [0.4, 0.5) is 0 Å². The molecule has 6 heteroatoms. The number of aromatic nitrogens is 1. The van der Waals surface area contributed by atoms with Gasteiger partial charge in [-0.05, 0) is 23.8 Å². The number of hydrogen-bond donors (Lipinski definition) is 3. The zero-order chi connectivity index (χ0) is 17.2. The van der Waals surface area contributed by atoms with Crippen molar-refractivity contribution in [1.82, 2.24) is 15.8 Å². The van der Waals surface area contributed by atoms with Gasteiger partial charge in [-0.2, -0.15) is 0 Å². The van der Waals surface area contributed by atoms with Crippen LogP contribution in [-0.4, -0.2) is 16.8 Å². The predicted octanol–water partition coefficient (Wildman–Crippen LogP) is 2.92. The third-order valence-corrected chi connectivity index (χ3v) is 3.99. The minimum Gasteiger partial charge on any atom is -0.451 e. The average molecular weight is 333 g/mol. The highest BCUT2D eigenvalue weighted by molar-refractivity contribution is 5.97. The van der Waals surface area contributed by atoms with Crippen LogP contribution < -0.4 is 10.9 Å². The van der Waals surface area contributed by atoms with Crippen LogP contribution in [-0.2, 0) is 11.2 Å². The zero-order valence-electron chi connectivity index (χ0n) is 13.2. The number of aromatic amines is 1. The highest BCUT2D eigenvalue weighted by Gasteiger charge is 2.14. The molecule has 0 aliphatic heterocycles. The van der Waals surface area contributed by atoms with Gasteiger partial charge in [0.1, 0.15) is 5.58 Å². The number of amides is 2. The highest BCUT2D eigenvalue weighted by atomic mass is 16.3. The molecule has 0 atom stereocenters. The van der Waals surface area contributed by atoms with Crippen molar-refractivity contribution in [2.24, 2.45) is 0 Å². The molecule has 0 aliphatic carbocycles. The molecule has 3 N–H and O–H groups in total. The lowest BCUT2D eigenvalue weighted by Gasteiger charge is -2.05. The van der Waals surface area contributed by atoms with Gasteiger partial charge in [-0.1, -0.05) is 36.4 Å². The number of nitrogens with one attached hydrogen (secondary N) is 3. The van der Waals surface area contributed by atoms with Gasteiger partial charge >= 0.3 is 5.91 Å². The number of hydrogen-bond acceptors (Lipinski definition) is 3. The summed E-state index contributed by atoms with van der Waals surface area (Å²) in [6.45, 7) is 0. The maximum Gasteiger partial charge on any atom is 0.305 e. The van der Waals surface area contributed by atoms with Gasteiger partial charge in [0.05, 0.1) is 6.42 Å². The Morgan fingerprint density at radius 1 is 1.00 bits per heavy atom. The summed E-state index contributed by atoms with van der Waals surface area (Å²) < 4.78 is 5.46. The lowest BCUT2D eigenvalue weighted by atomic mass is 10.1. The summed E-state index contributed by atoms with van der Waals surface area (Å²) >= 11 is 0. The van der Waals surface area contributed by atoms with Gasteiger partial charge in [0.15, 0.2) is 5.76 Å². The topological polar surface area (TPSA) is 87.1 Å². The molecule has 0 fully saturated rings. The molecule has 0 spiro atoms. The van der Waals surface area contributed by atoms with Crippen LogP contribution in [0, 0.1) is 0 Å². The number of furan rings is 1. The van der Waals surface area contributed by atoms with E-state index >= 15 is 0 Å². The minimum atomic E-state index is -0.497. The summed E-state index contributed by atoms with van der Waals surface area (Å²) in [6.07, 6.45) is 1.95. The molecule has 6 nitrogen and oxygen atoms in total. The Balaban J connectivity index is 1.40. The molecule has 0 saturated carbocycles. The molecule has 124 valence electrons. The Bertz CT molecular complexity index is 1040. The smallest absolute Gasteiger partial charge is 0.305 e. The Labute approximate surface area is 142 Å². The van der Waals surface area contributed by atoms with Crippen molar-refractivity contribution in [3.05, 3.63) is 72.1 Å². The summed E-state index contributed by atoms with van der Waals surface area (Å²) in [7, 11) is 0. The number of carbonyl (C=O) groups is 2. The van der Waals surface area contributed by atoms with Gasteiger partial charge in [-0.3, -0.25) is 20.4 Å². The lowest BCUT2D eigenvalue weighted by Crippen LogP contribution is -2.42. The van der Waals surface area contributed by atoms with Crippen molar-refractivity contribution in [1.29, 1.82) is 0 Å². The fourth-order valence-corrected chi connectivity index (χ4v) is 2.78. The van der Waals surface area contributed by atoms with Crippen LogP contribution in [0.2, 0.25) is 0 Å². The molecule has 0 saturated heterocycles. The second kappa shape index (κ2) is 6.16. The van der Waals surface area contributed by atoms with Crippen LogP contribution in [0.5, 0.6) is 0 Å². The standard InChI is InChI=1S/C19H15N3O3/c23-18(10-13-11-20-15-7-3-2-6-14(13)15)21-22-19(24)17-9-12-5-1-4-8-16(12)25-17/h1-9,11,20H,10H2,(H,21,23)(H,22,24). The van der Waals surface area contributed by atoms with Crippen molar-refractivity contribution in [2.75, 3.05) is 0 Å². The van der Waals surface area contributed by atoms with Crippen molar-refractivity contribution in [2.45, 2.75) is 6.42 Å². The molecule has 4 aromatic rings. The molecule has 4 rings (SSSR count). The van der Waals surface area contributed by atoms with Gasteiger partial charge in [0.2, 0.25) is 5.91 Å². The highest BCUT2D eigenvalue weighted by Crippen LogP contribution is 2.19. The fourth-order valence-electron chi connectivity index (χ4n) is 2.78. The van der Waals surface area contributed by atoms with E-state index in [1.54, 1.807) is 18.3 Å². The summed E-state index contributed by atoms with van der Waals surface area (Å²) in [5.41, 5.74) is 7.25. The van der Waals surface area contributed by atoms with E-state index in [4.69, 9.17) is 4.42 Å². The number of carbonyl (C=O) groups excluding carboxylic acids is 2. The van der Waals surface area contributed by atoms with Crippen molar-refractivity contribution < 1.29 is 14.0 Å². The average Bonchev–Trinajstić information content (AvgIpc) is 3.24. The van der Waals surface area contributed by atoms with E-state index in [-0.39, 0.29) is 18.1 Å². The number of H-pyrrole nitrogens is 1. The summed E-state index contributed by atoms with van der Waals surface area (Å²) in [6, 6.07) is 16.7. The van der Waals surface area contributed by atoms with Gasteiger partial charge < -0.3 is 9.40 Å². The first-order chi connectivity index (χ1) is 12.2. The number of hydrazine groups is 1. The first-order valence-electron chi connectivity index (χ1n) is 7.83. The maximum absolute atomic E-state index is 12.1. The normalized spacial score (nSPS) is 10.9.